The second-order valence-electron chi connectivity index (χ2n) is 6.90. The Balaban J connectivity index is 1.70. The number of carbonyl (C=O) groups is 1. The third kappa shape index (κ3) is 4.44. The van der Waals surface area contributed by atoms with Crippen LogP contribution in [0.25, 0.3) is 16.8 Å². The molecule has 0 unspecified atom stereocenters. The minimum atomic E-state index is -0.119. The van der Waals surface area contributed by atoms with Crippen molar-refractivity contribution in [2.24, 2.45) is 0 Å². The second kappa shape index (κ2) is 9.58. The van der Waals surface area contributed by atoms with E-state index in [1.807, 2.05) is 60.7 Å². The van der Waals surface area contributed by atoms with Gasteiger partial charge in [0.15, 0.2) is 15.8 Å². The molecule has 1 heterocycles. The summed E-state index contributed by atoms with van der Waals surface area (Å²) in [5.74, 6) is 1.26. The SMILES string of the molecule is CCCOc1c(I)cc(/C=C2/SC(=S)N(c3cccc4ccccc34)C2=O)cc1OC. The van der Waals surface area contributed by atoms with Crippen molar-refractivity contribution in [1.82, 2.24) is 0 Å². The van der Waals surface area contributed by atoms with E-state index < -0.39 is 0 Å². The Morgan fingerprint density at radius 1 is 1.16 bits per heavy atom. The van der Waals surface area contributed by atoms with E-state index in [4.69, 9.17) is 21.7 Å². The molecule has 1 aliphatic rings. The third-order valence-electron chi connectivity index (χ3n) is 4.80. The fourth-order valence-electron chi connectivity index (χ4n) is 3.40. The van der Waals surface area contributed by atoms with Gasteiger partial charge < -0.3 is 9.47 Å². The Labute approximate surface area is 204 Å². The predicted molar refractivity (Wildman–Crippen MR) is 141 cm³/mol. The Hall–Kier alpha value is -2.10. The van der Waals surface area contributed by atoms with E-state index in [0.717, 1.165) is 37.8 Å². The molecule has 0 atom stereocenters. The van der Waals surface area contributed by atoms with Gasteiger partial charge in [0.25, 0.3) is 5.91 Å². The highest BCUT2D eigenvalue weighted by molar-refractivity contribution is 14.1. The number of hydrogen-bond acceptors (Lipinski definition) is 5. The highest BCUT2D eigenvalue weighted by Crippen LogP contribution is 2.40. The molecule has 1 aliphatic heterocycles. The first-order valence-corrected chi connectivity index (χ1v) is 12.1. The van der Waals surface area contributed by atoms with Crippen LogP contribution in [0.4, 0.5) is 5.69 Å². The summed E-state index contributed by atoms with van der Waals surface area (Å²) in [5.41, 5.74) is 1.67. The average Bonchev–Trinajstić information content (AvgIpc) is 3.05. The first-order valence-electron chi connectivity index (χ1n) is 9.79. The summed E-state index contributed by atoms with van der Waals surface area (Å²) >= 11 is 9.12. The van der Waals surface area contributed by atoms with Crippen LogP contribution in [-0.2, 0) is 4.79 Å². The van der Waals surface area contributed by atoms with Crippen molar-refractivity contribution >= 4 is 79.3 Å². The first kappa shape index (κ1) is 22.1. The molecular weight excluding hydrogens is 541 g/mol. The number of ether oxygens (including phenoxy) is 2. The van der Waals surface area contributed by atoms with Crippen LogP contribution in [0.5, 0.6) is 11.5 Å². The van der Waals surface area contributed by atoms with Gasteiger partial charge in [0.1, 0.15) is 0 Å². The summed E-state index contributed by atoms with van der Waals surface area (Å²) in [7, 11) is 1.62. The van der Waals surface area contributed by atoms with Crippen LogP contribution >= 0.6 is 46.6 Å². The summed E-state index contributed by atoms with van der Waals surface area (Å²) in [4.78, 5) is 15.5. The zero-order valence-corrected chi connectivity index (χ0v) is 20.8. The Morgan fingerprint density at radius 3 is 2.71 bits per heavy atom. The monoisotopic (exact) mass is 561 g/mol. The molecule has 3 aromatic rings. The highest BCUT2D eigenvalue weighted by atomic mass is 127. The Kier molecular flexibility index (Phi) is 6.83. The average molecular weight is 561 g/mol. The van der Waals surface area contributed by atoms with Gasteiger partial charge in [0.2, 0.25) is 0 Å². The molecule has 0 saturated carbocycles. The molecule has 1 fully saturated rings. The van der Waals surface area contributed by atoms with Crippen LogP contribution in [0.15, 0.2) is 59.5 Å². The highest BCUT2D eigenvalue weighted by Gasteiger charge is 2.34. The maximum absolute atomic E-state index is 13.3. The van der Waals surface area contributed by atoms with Crippen molar-refractivity contribution in [2.75, 3.05) is 18.6 Å². The molecule has 4 rings (SSSR count). The molecule has 0 N–H and O–H groups in total. The van der Waals surface area contributed by atoms with Crippen molar-refractivity contribution in [1.29, 1.82) is 0 Å². The smallest absolute Gasteiger partial charge is 0.270 e. The van der Waals surface area contributed by atoms with Gasteiger partial charge in [-0.15, -0.1) is 0 Å². The molecule has 1 amide bonds. The largest absolute Gasteiger partial charge is 0.493 e. The van der Waals surface area contributed by atoms with Crippen LogP contribution in [0.2, 0.25) is 0 Å². The van der Waals surface area contributed by atoms with E-state index in [9.17, 15) is 4.79 Å². The summed E-state index contributed by atoms with van der Waals surface area (Å²) in [6, 6.07) is 17.8. The Morgan fingerprint density at radius 2 is 1.94 bits per heavy atom. The number of thioether (sulfide) groups is 1. The summed E-state index contributed by atoms with van der Waals surface area (Å²) in [6.45, 7) is 2.68. The molecular formula is C24H20INO3S2. The number of methoxy groups -OCH3 is 1. The number of fused-ring (bicyclic) bond motifs is 1. The van der Waals surface area contributed by atoms with Gasteiger partial charge in [0, 0.05) is 5.39 Å². The van der Waals surface area contributed by atoms with Gasteiger partial charge in [-0.25, -0.2) is 0 Å². The number of halogens is 1. The number of rotatable bonds is 6. The lowest BCUT2D eigenvalue weighted by molar-refractivity contribution is -0.113. The molecule has 158 valence electrons. The van der Waals surface area contributed by atoms with Crippen LogP contribution < -0.4 is 14.4 Å². The standard InChI is InChI=1S/C24H20INO3S2/c1-3-11-29-22-18(25)12-15(13-20(22)28-2)14-21-23(27)26(24(30)31-21)19-10-6-8-16-7-4-5-9-17(16)19/h4-10,12-14H,3,11H2,1-2H3/b21-14+. The van der Waals surface area contributed by atoms with Crippen molar-refractivity contribution in [3.63, 3.8) is 0 Å². The van der Waals surface area contributed by atoms with Gasteiger partial charge >= 0.3 is 0 Å². The predicted octanol–water partition coefficient (Wildman–Crippen LogP) is 6.65. The maximum atomic E-state index is 13.3. The topological polar surface area (TPSA) is 38.8 Å². The lowest BCUT2D eigenvalue weighted by atomic mass is 10.1. The number of carbonyl (C=O) groups excluding carboxylic acids is 1. The van der Waals surface area contributed by atoms with Crippen molar-refractivity contribution in [2.45, 2.75) is 13.3 Å². The van der Waals surface area contributed by atoms with Crippen molar-refractivity contribution < 1.29 is 14.3 Å². The minimum Gasteiger partial charge on any atom is -0.493 e. The number of benzene rings is 3. The normalized spacial score (nSPS) is 15.2. The van der Waals surface area contributed by atoms with E-state index in [-0.39, 0.29) is 5.91 Å². The van der Waals surface area contributed by atoms with Crippen LogP contribution in [0.3, 0.4) is 0 Å². The van der Waals surface area contributed by atoms with E-state index in [0.29, 0.717) is 21.6 Å². The number of hydrogen-bond donors (Lipinski definition) is 0. The number of amides is 1. The van der Waals surface area contributed by atoms with Crippen LogP contribution in [0, 0.1) is 3.57 Å². The van der Waals surface area contributed by atoms with E-state index in [2.05, 4.69) is 29.5 Å². The zero-order valence-electron chi connectivity index (χ0n) is 17.1. The van der Waals surface area contributed by atoms with E-state index in [1.165, 1.54) is 11.8 Å². The van der Waals surface area contributed by atoms with Gasteiger partial charge in [-0.2, -0.15) is 0 Å². The summed E-state index contributed by atoms with van der Waals surface area (Å²) in [6.07, 6.45) is 2.77. The molecule has 0 bridgehead atoms. The van der Waals surface area contributed by atoms with Gasteiger partial charge in [-0.1, -0.05) is 67.3 Å². The number of nitrogens with zero attached hydrogens (tertiary/aromatic N) is 1. The lowest BCUT2D eigenvalue weighted by Gasteiger charge is -2.17. The molecule has 0 spiro atoms. The Bertz CT molecular complexity index is 1200. The van der Waals surface area contributed by atoms with Crippen molar-refractivity contribution in [3.8, 4) is 11.5 Å². The molecule has 31 heavy (non-hydrogen) atoms. The lowest BCUT2D eigenvalue weighted by Crippen LogP contribution is -2.27. The first-order chi connectivity index (χ1) is 15.0. The van der Waals surface area contributed by atoms with Gasteiger partial charge in [-0.05, 0) is 64.2 Å². The van der Waals surface area contributed by atoms with Crippen molar-refractivity contribution in [3.05, 3.63) is 68.6 Å². The third-order valence-corrected chi connectivity index (χ3v) is 6.90. The second-order valence-corrected chi connectivity index (χ2v) is 9.74. The maximum Gasteiger partial charge on any atom is 0.270 e. The molecule has 3 aromatic carbocycles. The fraction of sp³-hybridized carbons (Fsp3) is 0.167. The van der Waals surface area contributed by atoms with Crippen LogP contribution in [-0.4, -0.2) is 23.9 Å². The molecule has 4 nitrogen and oxygen atoms in total. The summed E-state index contributed by atoms with van der Waals surface area (Å²) < 4.78 is 12.8. The van der Waals surface area contributed by atoms with Gasteiger partial charge in [0.05, 0.1) is 27.9 Å². The summed E-state index contributed by atoms with van der Waals surface area (Å²) in [5, 5.41) is 2.07. The molecule has 0 radical (unpaired) electrons. The fourth-order valence-corrected chi connectivity index (χ4v) is 5.46. The van der Waals surface area contributed by atoms with E-state index >= 15 is 0 Å². The molecule has 7 heteroatoms. The molecule has 0 aliphatic carbocycles. The molecule has 1 saturated heterocycles. The van der Waals surface area contributed by atoms with E-state index in [1.54, 1.807) is 12.0 Å². The minimum absolute atomic E-state index is 0.119. The zero-order chi connectivity index (χ0) is 22.0. The van der Waals surface area contributed by atoms with Gasteiger partial charge in [-0.3, -0.25) is 9.69 Å². The van der Waals surface area contributed by atoms with Crippen LogP contribution in [0.1, 0.15) is 18.9 Å². The number of anilines is 1. The quantitative estimate of drug-likeness (QED) is 0.192. The molecule has 0 aromatic heterocycles. The number of thiocarbonyl (C=S) groups is 1.